The van der Waals surface area contributed by atoms with Crippen LogP contribution in [0.15, 0.2) is 24.3 Å². The monoisotopic (exact) mass is 481 g/mol. The van der Waals surface area contributed by atoms with E-state index in [0.29, 0.717) is 0 Å². The first-order chi connectivity index (χ1) is 16.0. The van der Waals surface area contributed by atoms with Crippen molar-refractivity contribution in [1.29, 1.82) is 0 Å². The lowest BCUT2D eigenvalue weighted by atomic mass is 9.96. The zero-order valence-corrected chi connectivity index (χ0v) is 19.4. The summed E-state index contributed by atoms with van der Waals surface area (Å²) in [5.74, 6) is -3.26. The van der Waals surface area contributed by atoms with Crippen molar-refractivity contribution in [1.82, 2.24) is 5.32 Å². The molecule has 0 radical (unpaired) electrons. The molecule has 1 aliphatic rings. The van der Waals surface area contributed by atoms with Crippen LogP contribution in [-0.2, 0) is 42.9 Å². The van der Waals surface area contributed by atoms with Gasteiger partial charge in [-0.2, -0.15) is 0 Å². The molecule has 0 aromatic heterocycles. The van der Waals surface area contributed by atoms with Gasteiger partial charge in [0.15, 0.2) is 12.2 Å². The van der Waals surface area contributed by atoms with E-state index >= 15 is 0 Å². The Kier molecular flexibility index (Phi) is 9.36. The number of amides is 1. The summed E-state index contributed by atoms with van der Waals surface area (Å²) in [5, 5.41) is 2.58. The molecule has 1 saturated heterocycles. The van der Waals surface area contributed by atoms with E-state index in [9.17, 15) is 24.0 Å². The van der Waals surface area contributed by atoms with E-state index in [1.165, 1.54) is 33.1 Å². The highest BCUT2D eigenvalue weighted by Crippen LogP contribution is 2.30. The van der Waals surface area contributed by atoms with E-state index in [0.717, 1.165) is 13.8 Å². The van der Waals surface area contributed by atoms with Crippen LogP contribution in [0, 0.1) is 0 Å². The third-order valence-electron chi connectivity index (χ3n) is 4.61. The maximum atomic E-state index is 12.2. The molecule has 0 bridgehead atoms. The lowest BCUT2D eigenvalue weighted by Crippen LogP contribution is -2.67. The summed E-state index contributed by atoms with van der Waals surface area (Å²) in [5.41, 5.74) is 0.0675. The Morgan fingerprint density at radius 2 is 1.53 bits per heavy atom. The van der Waals surface area contributed by atoms with Crippen molar-refractivity contribution in [2.45, 2.75) is 58.3 Å². The van der Waals surface area contributed by atoms with Gasteiger partial charge in [-0.25, -0.2) is 4.79 Å². The van der Waals surface area contributed by atoms with Gasteiger partial charge in [-0.3, -0.25) is 19.2 Å². The smallest absolute Gasteiger partial charge is 0.341 e. The number of nitrogens with one attached hydrogen (secondary N) is 1. The van der Waals surface area contributed by atoms with Crippen molar-refractivity contribution in [3.8, 4) is 5.75 Å². The van der Waals surface area contributed by atoms with Gasteiger partial charge in [-0.1, -0.05) is 12.1 Å². The van der Waals surface area contributed by atoms with E-state index in [-0.39, 0.29) is 17.9 Å². The minimum atomic E-state index is -1.36. The largest absolute Gasteiger partial charge is 0.465 e. The number of para-hydroxylation sites is 1. The summed E-state index contributed by atoms with van der Waals surface area (Å²) in [6, 6.07) is 4.94. The zero-order valence-electron chi connectivity index (χ0n) is 19.4. The van der Waals surface area contributed by atoms with Crippen LogP contribution in [0.4, 0.5) is 0 Å². The minimum absolute atomic E-state index is 0.0495. The molecular formula is C22H27NO11. The van der Waals surface area contributed by atoms with Crippen molar-refractivity contribution in [3.05, 3.63) is 29.8 Å². The Morgan fingerprint density at radius 1 is 0.912 bits per heavy atom. The molecule has 5 atom stereocenters. The lowest BCUT2D eigenvalue weighted by Gasteiger charge is -2.44. The summed E-state index contributed by atoms with van der Waals surface area (Å²) in [6.07, 6.45) is -5.04. The average molecular weight is 481 g/mol. The van der Waals surface area contributed by atoms with Crippen molar-refractivity contribution in [2.24, 2.45) is 0 Å². The van der Waals surface area contributed by atoms with Crippen LogP contribution in [0.3, 0.4) is 0 Å². The molecular weight excluding hydrogens is 454 g/mol. The molecule has 1 aliphatic heterocycles. The first-order valence-electron chi connectivity index (χ1n) is 10.3. The summed E-state index contributed by atoms with van der Waals surface area (Å²) < 4.78 is 32.3. The molecule has 1 amide bonds. The number of rotatable bonds is 8. The van der Waals surface area contributed by atoms with Gasteiger partial charge < -0.3 is 33.7 Å². The Morgan fingerprint density at radius 3 is 2.09 bits per heavy atom. The second kappa shape index (κ2) is 12.0. The Labute approximate surface area is 195 Å². The molecule has 0 aliphatic carbocycles. The van der Waals surface area contributed by atoms with Crippen LogP contribution in [-0.4, -0.2) is 74.1 Å². The molecule has 1 aromatic rings. The molecule has 12 heteroatoms. The lowest BCUT2D eigenvalue weighted by molar-refractivity contribution is -0.257. The van der Waals surface area contributed by atoms with Gasteiger partial charge >= 0.3 is 23.9 Å². The van der Waals surface area contributed by atoms with E-state index in [4.69, 9.17) is 28.4 Å². The molecule has 1 N–H and O–H groups in total. The number of methoxy groups -OCH3 is 1. The average Bonchev–Trinajstić information content (AvgIpc) is 2.75. The fourth-order valence-corrected chi connectivity index (χ4v) is 3.36. The van der Waals surface area contributed by atoms with Crippen LogP contribution in [0.25, 0.3) is 0 Å². The third-order valence-corrected chi connectivity index (χ3v) is 4.61. The predicted molar refractivity (Wildman–Crippen MR) is 112 cm³/mol. The number of hydrogen-bond donors (Lipinski definition) is 1. The van der Waals surface area contributed by atoms with Crippen molar-refractivity contribution in [2.75, 3.05) is 13.7 Å². The molecule has 0 unspecified atom stereocenters. The molecule has 2 rings (SSSR count). The fourth-order valence-electron chi connectivity index (χ4n) is 3.36. The highest BCUT2D eigenvalue weighted by Gasteiger charge is 2.52. The van der Waals surface area contributed by atoms with Gasteiger partial charge in [-0.15, -0.1) is 0 Å². The first-order valence-corrected chi connectivity index (χ1v) is 10.3. The summed E-state index contributed by atoms with van der Waals surface area (Å²) in [7, 11) is 1.20. The topological polar surface area (TPSA) is 153 Å². The molecule has 0 saturated carbocycles. The van der Waals surface area contributed by atoms with Gasteiger partial charge in [0.2, 0.25) is 12.2 Å². The van der Waals surface area contributed by atoms with Crippen LogP contribution in [0.1, 0.15) is 38.1 Å². The number of hydrogen-bond acceptors (Lipinski definition) is 11. The quantitative estimate of drug-likeness (QED) is 0.408. The normalized spacial score (nSPS) is 23.7. The summed E-state index contributed by atoms with van der Waals surface area (Å²) in [4.78, 5) is 59.2. The standard InChI is InChI=1S/C22H27NO11/c1-11(24)23-18-20(32-14(4)27)19(31-13(3)26)17(10-30-12(2)25)34-22(18)33-16-9-7-6-8-15(16)21(28)29-5/h6-9,17-20,22H,10H2,1-5H3,(H,23,24)/t17-,18-,19+,20-,22-/m1/s1. The van der Waals surface area contributed by atoms with Gasteiger partial charge in [-0.05, 0) is 12.1 Å². The highest BCUT2D eigenvalue weighted by atomic mass is 16.7. The number of carbonyl (C=O) groups is 5. The van der Waals surface area contributed by atoms with Crippen molar-refractivity contribution >= 4 is 29.8 Å². The van der Waals surface area contributed by atoms with Crippen molar-refractivity contribution in [3.63, 3.8) is 0 Å². The zero-order chi connectivity index (χ0) is 25.4. The van der Waals surface area contributed by atoms with E-state index in [1.807, 2.05) is 0 Å². The third kappa shape index (κ3) is 7.17. The molecule has 0 spiro atoms. The van der Waals surface area contributed by atoms with Crippen LogP contribution < -0.4 is 10.1 Å². The van der Waals surface area contributed by atoms with E-state index in [2.05, 4.69) is 5.32 Å². The second-order valence-electron chi connectivity index (χ2n) is 7.33. The Bertz CT molecular complexity index is 931. The second-order valence-corrected chi connectivity index (χ2v) is 7.33. The van der Waals surface area contributed by atoms with Crippen LogP contribution in [0.5, 0.6) is 5.75 Å². The van der Waals surface area contributed by atoms with E-state index < -0.39 is 60.4 Å². The number of ether oxygens (including phenoxy) is 6. The van der Waals surface area contributed by atoms with E-state index in [1.54, 1.807) is 12.1 Å². The van der Waals surface area contributed by atoms with Crippen LogP contribution in [0.2, 0.25) is 0 Å². The Balaban J connectivity index is 2.52. The molecule has 1 heterocycles. The highest BCUT2D eigenvalue weighted by molar-refractivity contribution is 5.92. The summed E-state index contributed by atoms with van der Waals surface area (Å²) >= 11 is 0. The van der Waals surface area contributed by atoms with Crippen LogP contribution >= 0.6 is 0 Å². The molecule has 12 nitrogen and oxygen atoms in total. The van der Waals surface area contributed by atoms with Gasteiger partial charge in [0, 0.05) is 27.7 Å². The number of carbonyl (C=O) groups excluding carboxylic acids is 5. The molecule has 34 heavy (non-hydrogen) atoms. The fraction of sp³-hybridized carbons (Fsp3) is 0.500. The predicted octanol–water partition coefficient (Wildman–Crippen LogP) is 0.508. The van der Waals surface area contributed by atoms with Gasteiger partial charge in [0.05, 0.1) is 7.11 Å². The molecule has 186 valence electrons. The van der Waals surface area contributed by atoms with Gasteiger partial charge in [0.1, 0.15) is 30.1 Å². The minimum Gasteiger partial charge on any atom is -0.465 e. The molecule has 1 fully saturated rings. The maximum Gasteiger partial charge on any atom is 0.341 e. The number of esters is 4. The maximum absolute atomic E-state index is 12.2. The van der Waals surface area contributed by atoms with Gasteiger partial charge in [0.25, 0.3) is 0 Å². The number of benzene rings is 1. The first kappa shape index (κ1) is 26.6. The summed E-state index contributed by atoms with van der Waals surface area (Å²) in [6.45, 7) is 4.28. The SMILES string of the molecule is COC(=O)c1ccccc1O[C@@H]1O[C@H](COC(C)=O)[C@H](OC(C)=O)[C@H](OC(C)=O)[C@H]1NC(C)=O. The van der Waals surface area contributed by atoms with Crippen molar-refractivity contribution < 1.29 is 52.4 Å². The Hall–Kier alpha value is -3.67. The molecule has 1 aromatic carbocycles.